The summed E-state index contributed by atoms with van der Waals surface area (Å²) in [5.74, 6) is 0.791. The molecule has 104 valence electrons. The number of nitrogens with zero attached hydrogens (tertiary/aromatic N) is 2. The van der Waals surface area contributed by atoms with Crippen molar-refractivity contribution in [3.05, 3.63) is 28.6 Å². The van der Waals surface area contributed by atoms with Crippen LogP contribution in [-0.2, 0) is 4.79 Å². The number of thiazole rings is 1. The molecule has 1 aromatic heterocycles. The monoisotopic (exact) mass is 288 g/mol. The third-order valence-corrected chi connectivity index (χ3v) is 4.04. The third-order valence-electron chi connectivity index (χ3n) is 3.26. The van der Waals surface area contributed by atoms with Crippen LogP contribution in [0.25, 0.3) is 11.3 Å². The summed E-state index contributed by atoms with van der Waals surface area (Å²) in [5.41, 5.74) is 2.82. The van der Waals surface area contributed by atoms with E-state index >= 15 is 0 Å². The molecule has 5 heteroatoms. The van der Waals surface area contributed by atoms with Crippen molar-refractivity contribution in [3.8, 4) is 17.0 Å². The van der Waals surface area contributed by atoms with Crippen molar-refractivity contribution < 1.29 is 9.53 Å². The van der Waals surface area contributed by atoms with Crippen molar-refractivity contribution in [1.29, 1.82) is 0 Å². The van der Waals surface area contributed by atoms with Crippen molar-refractivity contribution in [2.45, 2.75) is 20.3 Å². The molecule has 0 saturated heterocycles. The molecule has 2 heterocycles. The summed E-state index contributed by atoms with van der Waals surface area (Å²) in [6.45, 7) is 4.90. The zero-order valence-electron chi connectivity index (χ0n) is 11.5. The molecular formula is C15H16N2O2S. The number of carbonyl (C=O) groups is 1. The minimum Gasteiger partial charge on any atom is -0.482 e. The second-order valence-corrected chi connectivity index (χ2v) is 5.83. The molecule has 1 aliphatic heterocycles. The fraction of sp³-hybridized carbons (Fsp3) is 0.333. The van der Waals surface area contributed by atoms with Crippen LogP contribution in [0.1, 0.15) is 18.4 Å². The van der Waals surface area contributed by atoms with Gasteiger partial charge in [-0.05, 0) is 31.5 Å². The van der Waals surface area contributed by atoms with Gasteiger partial charge in [-0.15, -0.1) is 11.3 Å². The molecule has 4 nitrogen and oxygen atoms in total. The SMILES string of the molecule is CCCN1C(=O)COc2ccc(-c3csc(C)n3)cc21. The highest BCUT2D eigenvalue weighted by atomic mass is 32.1. The number of carbonyl (C=O) groups excluding carboxylic acids is 1. The van der Waals surface area contributed by atoms with Gasteiger partial charge < -0.3 is 9.64 Å². The predicted molar refractivity (Wildman–Crippen MR) is 80.4 cm³/mol. The number of hydrogen-bond donors (Lipinski definition) is 0. The Kier molecular flexibility index (Phi) is 3.44. The van der Waals surface area contributed by atoms with Gasteiger partial charge in [0.05, 0.1) is 16.4 Å². The van der Waals surface area contributed by atoms with Crippen molar-refractivity contribution >= 4 is 22.9 Å². The van der Waals surface area contributed by atoms with E-state index in [-0.39, 0.29) is 12.5 Å². The molecular weight excluding hydrogens is 272 g/mol. The van der Waals surface area contributed by atoms with E-state index in [0.717, 1.165) is 40.7 Å². The maximum absolute atomic E-state index is 12.0. The molecule has 0 spiro atoms. The minimum absolute atomic E-state index is 0.0194. The smallest absolute Gasteiger partial charge is 0.265 e. The van der Waals surface area contributed by atoms with E-state index in [1.54, 1.807) is 11.3 Å². The summed E-state index contributed by atoms with van der Waals surface area (Å²) >= 11 is 1.63. The second-order valence-electron chi connectivity index (χ2n) is 4.77. The number of benzene rings is 1. The molecule has 0 N–H and O–H groups in total. The van der Waals surface area contributed by atoms with Crippen LogP contribution in [0.4, 0.5) is 5.69 Å². The van der Waals surface area contributed by atoms with E-state index in [4.69, 9.17) is 4.74 Å². The summed E-state index contributed by atoms with van der Waals surface area (Å²) in [7, 11) is 0. The highest BCUT2D eigenvalue weighted by molar-refractivity contribution is 7.09. The molecule has 0 atom stereocenters. The molecule has 0 unspecified atom stereocenters. The minimum atomic E-state index is 0.0194. The number of aromatic nitrogens is 1. The first-order chi connectivity index (χ1) is 9.69. The number of ether oxygens (including phenoxy) is 1. The lowest BCUT2D eigenvalue weighted by Crippen LogP contribution is -2.39. The molecule has 0 aliphatic carbocycles. The lowest BCUT2D eigenvalue weighted by atomic mass is 10.1. The zero-order chi connectivity index (χ0) is 14.1. The van der Waals surface area contributed by atoms with Gasteiger partial charge >= 0.3 is 0 Å². The predicted octanol–water partition coefficient (Wildman–Crippen LogP) is 3.25. The van der Waals surface area contributed by atoms with E-state index in [1.807, 2.05) is 35.4 Å². The zero-order valence-corrected chi connectivity index (χ0v) is 12.4. The average molecular weight is 288 g/mol. The van der Waals surface area contributed by atoms with Crippen LogP contribution in [0.3, 0.4) is 0 Å². The number of fused-ring (bicyclic) bond motifs is 1. The molecule has 0 saturated carbocycles. The molecule has 0 radical (unpaired) electrons. The Balaban J connectivity index is 2.03. The molecule has 1 aromatic carbocycles. The van der Waals surface area contributed by atoms with Crippen LogP contribution in [0, 0.1) is 6.92 Å². The fourth-order valence-electron chi connectivity index (χ4n) is 2.33. The summed E-state index contributed by atoms with van der Waals surface area (Å²) in [4.78, 5) is 18.3. The summed E-state index contributed by atoms with van der Waals surface area (Å²) in [5, 5.41) is 3.07. The Morgan fingerprint density at radius 3 is 3.00 bits per heavy atom. The quantitative estimate of drug-likeness (QED) is 0.870. The van der Waals surface area contributed by atoms with Gasteiger partial charge in [-0.3, -0.25) is 4.79 Å². The Morgan fingerprint density at radius 2 is 2.30 bits per heavy atom. The van der Waals surface area contributed by atoms with Crippen LogP contribution in [-0.4, -0.2) is 24.0 Å². The molecule has 1 amide bonds. The molecule has 3 rings (SSSR count). The van der Waals surface area contributed by atoms with Gasteiger partial charge in [0, 0.05) is 17.5 Å². The molecule has 20 heavy (non-hydrogen) atoms. The topological polar surface area (TPSA) is 42.4 Å². The van der Waals surface area contributed by atoms with Crippen molar-refractivity contribution in [1.82, 2.24) is 4.98 Å². The first-order valence-electron chi connectivity index (χ1n) is 6.68. The van der Waals surface area contributed by atoms with E-state index in [2.05, 4.69) is 11.9 Å². The first kappa shape index (κ1) is 13.1. The first-order valence-corrected chi connectivity index (χ1v) is 7.56. The van der Waals surface area contributed by atoms with Crippen LogP contribution < -0.4 is 9.64 Å². The highest BCUT2D eigenvalue weighted by Gasteiger charge is 2.25. The van der Waals surface area contributed by atoms with Gasteiger partial charge in [0.1, 0.15) is 5.75 Å². The molecule has 0 bridgehead atoms. The van der Waals surface area contributed by atoms with E-state index < -0.39 is 0 Å². The van der Waals surface area contributed by atoms with E-state index in [0.29, 0.717) is 0 Å². The lowest BCUT2D eigenvalue weighted by molar-refractivity contribution is -0.121. The molecule has 0 fully saturated rings. The van der Waals surface area contributed by atoms with Crippen LogP contribution in [0.5, 0.6) is 5.75 Å². The maximum atomic E-state index is 12.0. The Hall–Kier alpha value is -1.88. The van der Waals surface area contributed by atoms with Crippen LogP contribution in [0.15, 0.2) is 23.6 Å². The van der Waals surface area contributed by atoms with Crippen molar-refractivity contribution in [3.63, 3.8) is 0 Å². The standard InChI is InChI=1S/C15H16N2O2S/c1-3-6-17-13-7-11(12-9-20-10(2)16-12)4-5-14(13)19-8-15(17)18/h4-5,7,9H,3,6,8H2,1-2H3. The Morgan fingerprint density at radius 1 is 1.45 bits per heavy atom. The fourth-order valence-corrected chi connectivity index (χ4v) is 2.95. The van der Waals surface area contributed by atoms with Crippen molar-refractivity contribution in [2.75, 3.05) is 18.1 Å². The Labute approximate surface area is 122 Å². The van der Waals surface area contributed by atoms with Crippen LogP contribution in [0.2, 0.25) is 0 Å². The van der Waals surface area contributed by atoms with Gasteiger partial charge in [0.15, 0.2) is 6.61 Å². The normalized spacial score (nSPS) is 14.1. The van der Waals surface area contributed by atoms with Gasteiger partial charge in [-0.2, -0.15) is 0 Å². The van der Waals surface area contributed by atoms with Gasteiger partial charge in [0.25, 0.3) is 5.91 Å². The lowest BCUT2D eigenvalue weighted by Gasteiger charge is -2.29. The number of rotatable bonds is 3. The van der Waals surface area contributed by atoms with Gasteiger partial charge in [-0.1, -0.05) is 6.92 Å². The highest BCUT2D eigenvalue weighted by Crippen LogP contribution is 2.36. The number of aryl methyl sites for hydroxylation is 1. The number of hydrogen-bond acceptors (Lipinski definition) is 4. The van der Waals surface area contributed by atoms with Crippen LogP contribution >= 0.6 is 11.3 Å². The largest absolute Gasteiger partial charge is 0.482 e. The third kappa shape index (κ3) is 2.29. The number of amides is 1. The molecule has 2 aromatic rings. The van der Waals surface area contributed by atoms with E-state index in [1.165, 1.54) is 0 Å². The van der Waals surface area contributed by atoms with E-state index in [9.17, 15) is 4.79 Å². The average Bonchev–Trinajstić information content (AvgIpc) is 2.88. The summed E-state index contributed by atoms with van der Waals surface area (Å²) < 4.78 is 5.50. The second kappa shape index (κ2) is 5.25. The summed E-state index contributed by atoms with van der Waals surface area (Å²) in [6, 6.07) is 5.91. The van der Waals surface area contributed by atoms with Gasteiger partial charge in [0.2, 0.25) is 0 Å². The molecule has 1 aliphatic rings. The van der Waals surface area contributed by atoms with Gasteiger partial charge in [-0.25, -0.2) is 4.98 Å². The number of anilines is 1. The maximum Gasteiger partial charge on any atom is 0.265 e. The summed E-state index contributed by atoms with van der Waals surface area (Å²) in [6.07, 6.45) is 0.922. The van der Waals surface area contributed by atoms with Crippen molar-refractivity contribution in [2.24, 2.45) is 0 Å². The Bertz CT molecular complexity index is 651.